The molecular weight excluding hydrogens is 262 g/mol. The van der Waals surface area contributed by atoms with Crippen molar-refractivity contribution in [2.45, 2.75) is 39.7 Å². The zero-order chi connectivity index (χ0) is 15.0. The summed E-state index contributed by atoms with van der Waals surface area (Å²) >= 11 is 0. The Morgan fingerprint density at radius 3 is 2.67 bits per heavy atom. The number of hydrogen-bond donors (Lipinski definition) is 1. The number of aryl methyl sites for hydroxylation is 1. The maximum Gasteiger partial charge on any atom is 0.248 e. The molecule has 1 amide bonds. The van der Waals surface area contributed by atoms with Crippen LogP contribution in [0.15, 0.2) is 30.3 Å². The second-order valence-corrected chi connectivity index (χ2v) is 6.12. The molecule has 1 unspecified atom stereocenters. The first-order chi connectivity index (χ1) is 10.1. The van der Waals surface area contributed by atoms with Gasteiger partial charge in [0.15, 0.2) is 0 Å². The van der Waals surface area contributed by atoms with Crippen molar-refractivity contribution in [1.29, 1.82) is 0 Å². The summed E-state index contributed by atoms with van der Waals surface area (Å²) in [7, 11) is 0. The Morgan fingerprint density at radius 1 is 1.29 bits per heavy atom. The maximum atomic E-state index is 12.2. The summed E-state index contributed by atoms with van der Waals surface area (Å²) in [6.45, 7) is 6.26. The Balaban J connectivity index is 1.93. The van der Waals surface area contributed by atoms with Crippen LogP contribution >= 0.6 is 0 Å². The SMILES string of the molecule is Cc1nc(Cc2ccccc2)c2n1C(CC(C)C)C(=O)N2. The van der Waals surface area contributed by atoms with Gasteiger partial charge in [-0.1, -0.05) is 44.2 Å². The van der Waals surface area contributed by atoms with Gasteiger partial charge < -0.3 is 9.88 Å². The largest absolute Gasteiger partial charge is 0.309 e. The lowest BCUT2D eigenvalue weighted by atomic mass is 10.0. The number of imidazole rings is 1. The fraction of sp³-hybridized carbons (Fsp3) is 0.412. The molecule has 0 radical (unpaired) electrons. The summed E-state index contributed by atoms with van der Waals surface area (Å²) in [6.07, 6.45) is 1.60. The van der Waals surface area contributed by atoms with Crippen LogP contribution in [0.25, 0.3) is 0 Å². The zero-order valence-corrected chi connectivity index (χ0v) is 12.8. The van der Waals surface area contributed by atoms with Crippen LogP contribution < -0.4 is 5.32 Å². The molecule has 4 nitrogen and oxygen atoms in total. The molecule has 0 spiro atoms. The van der Waals surface area contributed by atoms with E-state index in [-0.39, 0.29) is 11.9 Å². The highest BCUT2D eigenvalue weighted by molar-refractivity contribution is 5.97. The normalized spacial score (nSPS) is 17.1. The van der Waals surface area contributed by atoms with Gasteiger partial charge in [0.1, 0.15) is 17.7 Å². The van der Waals surface area contributed by atoms with E-state index in [9.17, 15) is 4.79 Å². The molecule has 0 saturated heterocycles. The van der Waals surface area contributed by atoms with Crippen LogP contribution in [0, 0.1) is 12.8 Å². The van der Waals surface area contributed by atoms with Gasteiger partial charge in [-0.05, 0) is 24.8 Å². The van der Waals surface area contributed by atoms with Crippen LogP contribution in [0.1, 0.15) is 43.4 Å². The number of anilines is 1. The number of benzene rings is 1. The van der Waals surface area contributed by atoms with Crippen molar-refractivity contribution in [2.24, 2.45) is 5.92 Å². The van der Waals surface area contributed by atoms with E-state index in [4.69, 9.17) is 0 Å². The summed E-state index contributed by atoms with van der Waals surface area (Å²) in [4.78, 5) is 16.9. The predicted octanol–water partition coefficient (Wildman–Crippen LogP) is 3.32. The third-order valence-corrected chi connectivity index (χ3v) is 3.92. The zero-order valence-electron chi connectivity index (χ0n) is 12.8. The molecule has 1 N–H and O–H groups in total. The van der Waals surface area contributed by atoms with Gasteiger partial charge in [-0.2, -0.15) is 0 Å². The van der Waals surface area contributed by atoms with E-state index in [1.165, 1.54) is 5.56 Å². The molecular formula is C17H21N3O. The molecule has 1 aliphatic rings. The smallest absolute Gasteiger partial charge is 0.248 e. The highest BCUT2D eigenvalue weighted by Gasteiger charge is 2.34. The first-order valence-corrected chi connectivity index (χ1v) is 7.48. The van der Waals surface area contributed by atoms with Crippen molar-refractivity contribution in [2.75, 3.05) is 5.32 Å². The molecule has 0 fully saturated rings. The number of aromatic nitrogens is 2. The molecule has 0 aliphatic carbocycles. The Bertz CT molecular complexity index is 658. The molecule has 1 aromatic heterocycles. The van der Waals surface area contributed by atoms with Crippen molar-refractivity contribution in [3.8, 4) is 0 Å². The van der Waals surface area contributed by atoms with Crippen LogP contribution in [0.5, 0.6) is 0 Å². The molecule has 3 rings (SSSR count). The average molecular weight is 283 g/mol. The van der Waals surface area contributed by atoms with Gasteiger partial charge in [0, 0.05) is 6.42 Å². The average Bonchev–Trinajstić information content (AvgIpc) is 2.90. The van der Waals surface area contributed by atoms with Gasteiger partial charge in [0.05, 0.1) is 5.69 Å². The first kappa shape index (κ1) is 13.9. The lowest BCUT2D eigenvalue weighted by Gasteiger charge is -2.13. The van der Waals surface area contributed by atoms with E-state index in [0.29, 0.717) is 5.92 Å². The minimum absolute atomic E-state index is 0.0958. The van der Waals surface area contributed by atoms with Gasteiger partial charge in [0.2, 0.25) is 5.91 Å². The highest BCUT2D eigenvalue weighted by Crippen LogP contribution is 2.34. The maximum absolute atomic E-state index is 12.2. The second kappa shape index (κ2) is 5.35. The van der Waals surface area contributed by atoms with Crippen LogP contribution in [-0.2, 0) is 11.2 Å². The fourth-order valence-electron chi connectivity index (χ4n) is 3.01. The number of nitrogens with zero attached hydrogens (tertiary/aromatic N) is 2. The van der Waals surface area contributed by atoms with Gasteiger partial charge in [-0.3, -0.25) is 4.79 Å². The van der Waals surface area contributed by atoms with Crippen molar-refractivity contribution in [3.05, 3.63) is 47.4 Å². The van der Waals surface area contributed by atoms with Crippen molar-refractivity contribution in [3.63, 3.8) is 0 Å². The van der Waals surface area contributed by atoms with Gasteiger partial charge >= 0.3 is 0 Å². The summed E-state index contributed by atoms with van der Waals surface area (Å²) in [6, 6.07) is 10.1. The monoisotopic (exact) mass is 283 g/mol. The quantitative estimate of drug-likeness (QED) is 0.935. The molecule has 110 valence electrons. The molecule has 0 bridgehead atoms. The topological polar surface area (TPSA) is 46.9 Å². The highest BCUT2D eigenvalue weighted by atomic mass is 16.2. The predicted molar refractivity (Wildman–Crippen MR) is 83.3 cm³/mol. The van der Waals surface area contributed by atoms with Gasteiger partial charge in [-0.15, -0.1) is 0 Å². The minimum atomic E-state index is -0.114. The van der Waals surface area contributed by atoms with Crippen LogP contribution in [0.2, 0.25) is 0 Å². The molecule has 2 aromatic rings. The van der Waals surface area contributed by atoms with E-state index in [1.54, 1.807) is 0 Å². The molecule has 21 heavy (non-hydrogen) atoms. The van der Waals surface area contributed by atoms with E-state index < -0.39 is 0 Å². The Labute approximate surface area is 125 Å². The van der Waals surface area contributed by atoms with E-state index in [0.717, 1.165) is 30.2 Å². The molecule has 1 aromatic carbocycles. The molecule has 4 heteroatoms. The van der Waals surface area contributed by atoms with Gasteiger partial charge in [0.25, 0.3) is 0 Å². The summed E-state index contributed by atoms with van der Waals surface area (Å²) in [5.41, 5.74) is 2.17. The molecule has 1 atom stereocenters. The number of nitrogens with one attached hydrogen (secondary N) is 1. The van der Waals surface area contributed by atoms with Crippen molar-refractivity contribution >= 4 is 11.7 Å². The number of amides is 1. The van der Waals surface area contributed by atoms with Crippen LogP contribution in [-0.4, -0.2) is 15.5 Å². The Hall–Kier alpha value is -2.10. The Morgan fingerprint density at radius 2 is 2.00 bits per heavy atom. The number of carbonyl (C=O) groups is 1. The lowest BCUT2D eigenvalue weighted by Crippen LogP contribution is -2.18. The standard InChI is InChI=1S/C17H21N3O/c1-11(2)9-15-17(21)19-16-14(18-12(3)20(15)16)10-13-7-5-4-6-8-13/h4-8,11,15H,9-10H2,1-3H3,(H,19,21). The number of carbonyl (C=O) groups excluding carboxylic acids is 1. The third-order valence-electron chi connectivity index (χ3n) is 3.92. The van der Waals surface area contributed by atoms with E-state index in [1.807, 2.05) is 25.1 Å². The minimum Gasteiger partial charge on any atom is -0.309 e. The van der Waals surface area contributed by atoms with Crippen molar-refractivity contribution < 1.29 is 4.79 Å². The molecule has 1 aliphatic heterocycles. The van der Waals surface area contributed by atoms with Crippen LogP contribution in [0.4, 0.5) is 5.82 Å². The third kappa shape index (κ3) is 2.58. The second-order valence-electron chi connectivity index (χ2n) is 6.12. The first-order valence-electron chi connectivity index (χ1n) is 7.48. The van der Waals surface area contributed by atoms with Gasteiger partial charge in [-0.25, -0.2) is 4.98 Å². The fourth-order valence-corrected chi connectivity index (χ4v) is 3.01. The number of rotatable bonds is 4. The number of fused-ring (bicyclic) bond motifs is 1. The molecule has 0 saturated carbocycles. The lowest BCUT2D eigenvalue weighted by molar-refractivity contribution is -0.118. The summed E-state index contributed by atoms with van der Waals surface area (Å²) in [5.74, 6) is 2.37. The summed E-state index contributed by atoms with van der Waals surface area (Å²) < 4.78 is 2.07. The van der Waals surface area contributed by atoms with E-state index >= 15 is 0 Å². The Kier molecular flexibility index (Phi) is 3.53. The van der Waals surface area contributed by atoms with E-state index in [2.05, 4.69) is 40.8 Å². The van der Waals surface area contributed by atoms with Crippen molar-refractivity contribution in [1.82, 2.24) is 9.55 Å². The summed E-state index contributed by atoms with van der Waals surface area (Å²) in [5, 5.41) is 3.02. The van der Waals surface area contributed by atoms with Crippen LogP contribution in [0.3, 0.4) is 0 Å². The number of hydrogen-bond acceptors (Lipinski definition) is 2. The molecule has 2 heterocycles.